The third-order valence-electron chi connectivity index (χ3n) is 1.82. The minimum atomic E-state index is -0.292. The van der Waals surface area contributed by atoms with Crippen molar-refractivity contribution < 1.29 is 10.0 Å². The molecule has 7 heteroatoms. The molecule has 0 atom stereocenters. The van der Waals surface area contributed by atoms with E-state index in [1.807, 2.05) is 0 Å². The van der Waals surface area contributed by atoms with E-state index < -0.39 is 0 Å². The lowest BCUT2D eigenvalue weighted by Gasteiger charge is -2.15. The van der Waals surface area contributed by atoms with E-state index >= 15 is 0 Å². The zero-order valence-electron chi connectivity index (χ0n) is 8.59. The van der Waals surface area contributed by atoms with Crippen LogP contribution in [0.4, 0.5) is 0 Å². The Morgan fingerprint density at radius 1 is 1.69 bits per heavy atom. The van der Waals surface area contributed by atoms with Gasteiger partial charge in [0.2, 0.25) is 0 Å². The number of oxime groups is 1. The van der Waals surface area contributed by atoms with Crippen LogP contribution in [0, 0.1) is 0 Å². The van der Waals surface area contributed by atoms with Crippen LogP contribution in [-0.4, -0.2) is 40.4 Å². The van der Waals surface area contributed by atoms with Gasteiger partial charge in [0, 0.05) is 17.7 Å². The molecule has 1 amide bonds. The Labute approximate surface area is 101 Å². The Morgan fingerprint density at radius 2 is 2.38 bits per heavy atom. The molecule has 0 aliphatic rings. The van der Waals surface area contributed by atoms with Crippen molar-refractivity contribution in [1.82, 2.24) is 9.88 Å². The summed E-state index contributed by atoms with van der Waals surface area (Å²) in [7, 11) is 1.55. The highest BCUT2D eigenvalue weighted by molar-refractivity contribution is 9.10. The quantitative estimate of drug-likeness (QED) is 0.370. The first-order valence-electron chi connectivity index (χ1n) is 4.38. The summed E-state index contributed by atoms with van der Waals surface area (Å²) in [5, 5.41) is 11.2. The molecule has 0 aliphatic heterocycles. The van der Waals surface area contributed by atoms with Gasteiger partial charge >= 0.3 is 0 Å². The van der Waals surface area contributed by atoms with Gasteiger partial charge in [0.25, 0.3) is 5.91 Å². The van der Waals surface area contributed by atoms with Crippen LogP contribution >= 0.6 is 15.9 Å². The number of amides is 1. The number of carbonyl (C=O) groups excluding carboxylic acids is 1. The molecule has 0 bridgehead atoms. The van der Waals surface area contributed by atoms with Gasteiger partial charge in [0.05, 0.1) is 6.54 Å². The first kappa shape index (κ1) is 12.4. The topological polar surface area (TPSA) is 91.8 Å². The van der Waals surface area contributed by atoms with E-state index in [-0.39, 0.29) is 18.3 Å². The summed E-state index contributed by atoms with van der Waals surface area (Å²) < 4.78 is 0.795. The summed E-state index contributed by atoms with van der Waals surface area (Å²) in [6.45, 7) is 0.0487. The summed E-state index contributed by atoms with van der Waals surface area (Å²) >= 11 is 3.22. The molecule has 0 aliphatic carbocycles. The molecule has 1 aromatic rings. The Kier molecular flexibility index (Phi) is 4.24. The van der Waals surface area contributed by atoms with Crippen LogP contribution in [0.1, 0.15) is 10.5 Å². The molecule has 0 spiro atoms. The van der Waals surface area contributed by atoms with Gasteiger partial charge in [-0.1, -0.05) is 5.16 Å². The van der Waals surface area contributed by atoms with Gasteiger partial charge in [-0.25, -0.2) is 4.98 Å². The van der Waals surface area contributed by atoms with Crippen molar-refractivity contribution in [2.75, 3.05) is 13.6 Å². The summed E-state index contributed by atoms with van der Waals surface area (Å²) in [4.78, 5) is 17.0. The fourth-order valence-electron chi connectivity index (χ4n) is 1.04. The van der Waals surface area contributed by atoms with Crippen LogP contribution in [0.5, 0.6) is 0 Å². The predicted molar refractivity (Wildman–Crippen MR) is 62.3 cm³/mol. The number of carbonyl (C=O) groups is 1. The monoisotopic (exact) mass is 286 g/mol. The zero-order valence-corrected chi connectivity index (χ0v) is 10.2. The van der Waals surface area contributed by atoms with Gasteiger partial charge in [-0.2, -0.15) is 0 Å². The second-order valence-corrected chi connectivity index (χ2v) is 4.03. The fraction of sp³-hybridized carbons (Fsp3) is 0.222. The van der Waals surface area contributed by atoms with Crippen LogP contribution in [-0.2, 0) is 0 Å². The molecule has 3 N–H and O–H groups in total. The third kappa shape index (κ3) is 3.20. The van der Waals surface area contributed by atoms with Gasteiger partial charge < -0.3 is 15.8 Å². The fourth-order valence-corrected chi connectivity index (χ4v) is 1.28. The number of hydrogen-bond acceptors (Lipinski definition) is 4. The standard InChI is InChI=1S/C9H11BrN4O2/c1-14(5-8(11)13-16)9(15)7-3-2-6(10)4-12-7/h2-4,16H,5H2,1H3,(H2,11,13). The smallest absolute Gasteiger partial charge is 0.272 e. The minimum absolute atomic E-state index is 0.0343. The lowest BCUT2D eigenvalue weighted by Crippen LogP contribution is -2.35. The van der Waals surface area contributed by atoms with E-state index in [0.717, 1.165) is 4.47 Å². The minimum Gasteiger partial charge on any atom is -0.409 e. The summed E-state index contributed by atoms with van der Waals surface area (Å²) in [5.74, 6) is -0.327. The number of nitrogens with zero attached hydrogens (tertiary/aromatic N) is 3. The van der Waals surface area contributed by atoms with Gasteiger partial charge in [-0.05, 0) is 28.1 Å². The van der Waals surface area contributed by atoms with Crippen LogP contribution in [0.15, 0.2) is 28.0 Å². The zero-order chi connectivity index (χ0) is 12.1. The number of hydrogen-bond donors (Lipinski definition) is 2. The van der Waals surface area contributed by atoms with Crippen molar-refractivity contribution in [3.05, 3.63) is 28.5 Å². The second-order valence-electron chi connectivity index (χ2n) is 3.11. The van der Waals surface area contributed by atoms with Crippen molar-refractivity contribution in [3.63, 3.8) is 0 Å². The SMILES string of the molecule is CN(CC(N)=NO)C(=O)c1ccc(Br)cn1. The van der Waals surface area contributed by atoms with Crippen LogP contribution < -0.4 is 5.73 Å². The summed E-state index contributed by atoms with van der Waals surface area (Å²) in [6, 6.07) is 3.31. The first-order valence-corrected chi connectivity index (χ1v) is 5.17. The number of aromatic nitrogens is 1. The van der Waals surface area contributed by atoms with Crippen molar-refractivity contribution in [2.24, 2.45) is 10.9 Å². The average molecular weight is 287 g/mol. The van der Waals surface area contributed by atoms with Gasteiger partial charge in [-0.15, -0.1) is 0 Å². The van der Waals surface area contributed by atoms with E-state index in [0.29, 0.717) is 5.69 Å². The van der Waals surface area contributed by atoms with Crippen LogP contribution in [0.2, 0.25) is 0 Å². The molecule has 0 radical (unpaired) electrons. The number of amidine groups is 1. The predicted octanol–water partition coefficient (Wildman–Crippen LogP) is 0.662. The Morgan fingerprint density at radius 3 is 2.88 bits per heavy atom. The molecule has 0 saturated heterocycles. The highest BCUT2D eigenvalue weighted by Crippen LogP contribution is 2.08. The molecule has 0 aromatic carbocycles. The molecule has 1 heterocycles. The lowest BCUT2D eigenvalue weighted by molar-refractivity contribution is 0.0808. The molecule has 6 nitrogen and oxygen atoms in total. The number of pyridine rings is 1. The van der Waals surface area contributed by atoms with E-state index in [1.54, 1.807) is 19.2 Å². The Balaban J connectivity index is 2.74. The van der Waals surface area contributed by atoms with Crippen molar-refractivity contribution in [2.45, 2.75) is 0 Å². The maximum atomic E-state index is 11.8. The van der Waals surface area contributed by atoms with Gasteiger partial charge in [-0.3, -0.25) is 4.79 Å². The molecule has 0 fully saturated rings. The second kappa shape index (κ2) is 5.45. The highest BCUT2D eigenvalue weighted by atomic mass is 79.9. The highest BCUT2D eigenvalue weighted by Gasteiger charge is 2.13. The normalized spacial score (nSPS) is 11.2. The van der Waals surface area contributed by atoms with Gasteiger partial charge in [0.1, 0.15) is 5.69 Å². The number of likely N-dealkylation sites (N-methyl/N-ethyl adjacent to an activating group) is 1. The van der Waals surface area contributed by atoms with Crippen LogP contribution in [0.25, 0.3) is 0 Å². The van der Waals surface area contributed by atoms with E-state index in [1.165, 1.54) is 11.1 Å². The maximum absolute atomic E-state index is 11.8. The average Bonchev–Trinajstić information content (AvgIpc) is 2.28. The van der Waals surface area contributed by atoms with Gasteiger partial charge in [0.15, 0.2) is 5.84 Å². The molecule has 0 saturated carbocycles. The summed E-state index contributed by atoms with van der Waals surface area (Å²) in [6.07, 6.45) is 1.53. The molecular weight excluding hydrogens is 276 g/mol. The maximum Gasteiger partial charge on any atom is 0.272 e. The third-order valence-corrected chi connectivity index (χ3v) is 2.29. The van der Waals surface area contributed by atoms with E-state index in [9.17, 15) is 4.79 Å². The Hall–Kier alpha value is -1.63. The molecule has 1 aromatic heterocycles. The van der Waals surface area contributed by atoms with E-state index in [4.69, 9.17) is 10.9 Å². The lowest BCUT2D eigenvalue weighted by atomic mass is 10.3. The van der Waals surface area contributed by atoms with Crippen LogP contribution in [0.3, 0.4) is 0 Å². The number of halogens is 1. The van der Waals surface area contributed by atoms with E-state index in [2.05, 4.69) is 26.1 Å². The molecule has 86 valence electrons. The molecule has 1 rings (SSSR count). The number of nitrogens with two attached hydrogens (primary N) is 1. The van der Waals surface area contributed by atoms with Crippen molar-refractivity contribution >= 4 is 27.7 Å². The van der Waals surface area contributed by atoms with Crippen molar-refractivity contribution in [3.8, 4) is 0 Å². The summed E-state index contributed by atoms with van der Waals surface area (Å²) in [5.41, 5.74) is 5.59. The first-order chi connectivity index (χ1) is 7.54. The Bertz CT molecular complexity index is 404. The largest absolute Gasteiger partial charge is 0.409 e. The molecule has 0 unspecified atom stereocenters. The molecular formula is C9H11BrN4O2. The molecule has 16 heavy (non-hydrogen) atoms. The number of rotatable bonds is 3. The van der Waals surface area contributed by atoms with Crippen molar-refractivity contribution in [1.29, 1.82) is 0 Å².